The highest BCUT2D eigenvalue weighted by Gasteiger charge is 2.25. The van der Waals surface area contributed by atoms with Gasteiger partial charge < -0.3 is 10.1 Å². The van der Waals surface area contributed by atoms with E-state index in [4.69, 9.17) is 16.3 Å². The van der Waals surface area contributed by atoms with Gasteiger partial charge in [-0.25, -0.2) is 4.98 Å². The molecule has 16 heavy (non-hydrogen) atoms. The zero-order valence-electron chi connectivity index (χ0n) is 9.61. The molecule has 0 radical (unpaired) electrons. The third-order valence-corrected chi connectivity index (χ3v) is 3.31. The van der Waals surface area contributed by atoms with E-state index in [0.717, 1.165) is 18.6 Å². The molecule has 0 amide bonds. The zero-order chi connectivity index (χ0) is 11.5. The molecule has 1 aromatic heterocycles. The van der Waals surface area contributed by atoms with Crippen LogP contribution in [0.2, 0.25) is 5.15 Å². The van der Waals surface area contributed by atoms with Crippen molar-refractivity contribution in [2.75, 3.05) is 6.61 Å². The standard InChI is InChI=1S/C12H17ClN2O/c1-8(10-3-4-12(13)14-7-10)15-11-5-6-16-9(11)2/h3-4,7-9,11,15H,5-6H2,1-2H3. The van der Waals surface area contributed by atoms with Crippen molar-refractivity contribution in [2.24, 2.45) is 0 Å². The average Bonchev–Trinajstić information content (AvgIpc) is 2.65. The van der Waals surface area contributed by atoms with Crippen LogP contribution in [0.4, 0.5) is 0 Å². The fraction of sp³-hybridized carbons (Fsp3) is 0.583. The van der Waals surface area contributed by atoms with Crippen LogP contribution in [-0.2, 0) is 4.74 Å². The lowest BCUT2D eigenvalue weighted by Gasteiger charge is -2.21. The Hall–Kier alpha value is -0.640. The Morgan fingerprint density at radius 3 is 2.94 bits per heavy atom. The van der Waals surface area contributed by atoms with E-state index in [1.807, 2.05) is 18.3 Å². The van der Waals surface area contributed by atoms with Gasteiger partial charge in [0.2, 0.25) is 0 Å². The molecule has 1 aliphatic heterocycles. The monoisotopic (exact) mass is 240 g/mol. The van der Waals surface area contributed by atoms with E-state index in [2.05, 4.69) is 24.1 Å². The topological polar surface area (TPSA) is 34.1 Å². The van der Waals surface area contributed by atoms with Crippen LogP contribution in [0.5, 0.6) is 0 Å². The van der Waals surface area contributed by atoms with Crippen LogP contribution in [0.3, 0.4) is 0 Å². The molecule has 0 saturated carbocycles. The minimum atomic E-state index is 0.277. The second-order valence-corrected chi connectivity index (χ2v) is 4.66. The Morgan fingerprint density at radius 2 is 2.38 bits per heavy atom. The van der Waals surface area contributed by atoms with Crippen LogP contribution < -0.4 is 5.32 Å². The molecule has 1 aromatic rings. The largest absolute Gasteiger partial charge is 0.377 e. The van der Waals surface area contributed by atoms with Gasteiger partial charge in [0.15, 0.2) is 0 Å². The first-order valence-corrected chi connectivity index (χ1v) is 6.03. The van der Waals surface area contributed by atoms with Crippen molar-refractivity contribution in [3.8, 4) is 0 Å². The number of aromatic nitrogens is 1. The summed E-state index contributed by atoms with van der Waals surface area (Å²) in [6.07, 6.45) is 3.19. The van der Waals surface area contributed by atoms with Crippen molar-refractivity contribution in [1.82, 2.24) is 10.3 Å². The summed E-state index contributed by atoms with van der Waals surface area (Å²) >= 11 is 5.76. The second kappa shape index (κ2) is 5.13. The third kappa shape index (κ3) is 2.73. The number of hydrogen-bond acceptors (Lipinski definition) is 3. The Bertz CT molecular complexity index is 341. The average molecular weight is 241 g/mol. The molecule has 1 fully saturated rings. The van der Waals surface area contributed by atoms with Crippen LogP contribution in [-0.4, -0.2) is 23.7 Å². The summed E-state index contributed by atoms with van der Waals surface area (Å²) in [5.74, 6) is 0. The minimum Gasteiger partial charge on any atom is -0.377 e. The summed E-state index contributed by atoms with van der Waals surface area (Å²) in [6.45, 7) is 5.10. The van der Waals surface area contributed by atoms with Gasteiger partial charge in [-0.15, -0.1) is 0 Å². The van der Waals surface area contributed by atoms with E-state index < -0.39 is 0 Å². The van der Waals surface area contributed by atoms with Crippen molar-refractivity contribution in [3.05, 3.63) is 29.0 Å². The van der Waals surface area contributed by atoms with Crippen molar-refractivity contribution >= 4 is 11.6 Å². The van der Waals surface area contributed by atoms with Crippen LogP contribution in [0.15, 0.2) is 18.3 Å². The minimum absolute atomic E-state index is 0.277. The highest BCUT2D eigenvalue weighted by molar-refractivity contribution is 6.29. The molecule has 1 N–H and O–H groups in total. The van der Waals surface area contributed by atoms with E-state index in [0.29, 0.717) is 17.3 Å². The van der Waals surface area contributed by atoms with E-state index >= 15 is 0 Å². The van der Waals surface area contributed by atoms with Gasteiger partial charge in [0.1, 0.15) is 5.15 Å². The van der Waals surface area contributed by atoms with Gasteiger partial charge in [-0.3, -0.25) is 0 Å². The maximum atomic E-state index is 5.76. The maximum absolute atomic E-state index is 5.76. The van der Waals surface area contributed by atoms with Crippen molar-refractivity contribution in [1.29, 1.82) is 0 Å². The molecule has 0 bridgehead atoms. The van der Waals surface area contributed by atoms with Gasteiger partial charge in [0, 0.05) is 24.9 Å². The summed E-state index contributed by atoms with van der Waals surface area (Å²) in [5.41, 5.74) is 1.16. The van der Waals surface area contributed by atoms with Crippen LogP contribution in [0, 0.1) is 0 Å². The van der Waals surface area contributed by atoms with Crippen LogP contribution in [0.25, 0.3) is 0 Å². The molecule has 3 atom stereocenters. The summed E-state index contributed by atoms with van der Waals surface area (Å²) < 4.78 is 5.52. The first-order valence-electron chi connectivity index (χ1n) is 5.66. The molecule has 1 saturated heterocycles. The van der Waals surface area contributed by atoms with Crippen LogP contribution in [0.1, 0.15) is 31.9 Å². The smallest absolute Gasteiger partial charge is 0.129 e. The summed E-state index contributed by atoms with van der Waals surface area (Å²) in [6, 6.07) is 4.54. The SMILES string of the molecule is CC(NC1CCOC1C)c1ccc(Cl)nc1. The van der Waals surface area contributed by atoms with Crippen molar-refractivity contribution < 1.29 is 4.74 Å². The number of pyridine rings is 1. The molecule has 1 aliphatic rings. The van der Waals surface area contributed by atoms with E-state index in [1.165, 1.54) is 0 Å². The first-order chi connectivity index (χ1) is 7.66. The summed E-state index contributed by atoms with van der Waals surface area (Å²) in [7, 11) is 0. The maximum Gasteiger partial charge on any atom is 0.129 e. The van der Waals surface area contributed by atoms with Gasteiger partial charge in [0.25, 0.3) is 0 Å². The summed E-state index contributed by atoms with van der Waals surface area (Å²) in [5, 5.41) is 4.09. The fourth-order valence-electron chi connectivity index (χ4n) is 2.01. The lowest BCUT2D eigenvalue weighted by atomic mass is 10.1. The number of rotatable bonds is 3. The highest BCUT2D eigenvalue weighted by Crippen LogP contribution is 2.19. The first kappa shape index (κ1) is 11.8. The Balaban J connectivity index is 1.97. The lowest BCUT2D eigenvalue weighted by molar-refractivity contribution is 0.111. The molecule has 2 rings (SSSR count). The molecule has 2 heterocycles. The number of ether oxygens (including phenoxy) is 1. The summed E-state index contributed by atoms with van der Waals surface area (Å²) in [4.78, 5) is 4.09. The molecule has 0 aromatic carbocycles. The molecular weight excluding hydrogens is 224 g/mol. The van der Waals surface area contributed by atoms with Crippen molar-refractivity contribution in [3.63, 3.8) is 0 Å². The quantitative estimate of drug-likeness (QED) is 0.825. The number of nitrogens with zero attached hydrogens (tertiary/aromatic N) is 1. The number of nitrogens with one attached hydrogen (secondary N) is 1. The van der Waals surface area contributed by atoms with Gasteiger partial charge >= 0.3 is 0 Å². The fourth-order valence-corrected chi connectivity index (χ4v) is 2.12. The zero-order valence-corrected chi connectivity index (χ0v) is 10.4. The van der Waals surface area contributed by atoms with E-state index in [1.54, 1.807) is 0 Å². The van der Waals surface area contributed by atoms with Gasteiger partial charge in [0.05, 0.1) is 6.10 Å². The Labute approximate surface area is 101 Å². The lowest BCUT2D eigenvalue weighted by Crippen LogP contribution is -2.36. The van der Waals surface area contributed by atoms with Gasteiger partial charge in [-0.1, -0.05) is 17.7 Å². The Kier molecular flexibility index (Phi) is 3.79. The van der Waals surface area contributed by atoms with E-state index in [-0.39, 0.29) is 6.04 Å². The number of halogens is 1. The third-order valence-electron chi connectivity index (χ3n) is 3.09. The normalized spacial score (nSPS) is 26.9. The van der Waals surface area contributed by atoms with Gasteiger partial charge in [-0.2, -0.15) is 0 Å². The molecule has 88 valence electrons. The van der Waals surface area contributed by atoms with Crippen LogP contribution >= 0.6 is 11.6 Å². The molecule has 0 aliphatic carbocycles. The molecule has 3 nitrogen and oxygen atoms in total. The highest BCUT2D eigenvalue weighted by atomic mass is 35.5. The molecule has 4 heteroatoms. The predicted octanol–water partition coefficient (Wildman–Crippen LogP) is 2.56. The van der Waals surface area contributed by atoms with Crippen molar-refractivity contribution in [2.45, 2.75) is 38.5 Å². The Morgan fingerprint density at radius 1 is 1.56 bits per heavy atom. The second-order valence-electron chi connectivity index (χ2n) is 4.27. The predicted molar refractivity (Wildman–Crippen MR) is 64.6 cm³/mol. The number of hydrogen-bond donors (Lipinski definition) is 1. The van der Waals surface area contributed by atoms with Gasteiger partial charge in [-0.05, 0) is 31.9 Å². The molecule has 0 spiro atoms. The van der Waals surface area contributed by atoms with E-state index in [9.17, 15) is 0 Å². The molecular formula is C12H17ClN2O. The molecule has 3 unspecified atom stereocenters.